The summed E-state index contributed by atoms with van der Waals surface area (Å²) in [4.78, 5) is 25.8. The van der Waals surface area contributed by atoms with Crippen molar-refractivity contribution in [3.05, 3.63) is 76.9 Å². The molecule has 2 amide bonds. The predicted molar refractivity (Wildman–Crippen MR) is 113 cm³/mol. The molecule has 1 aliphatic rings. The van der Waals surface area contributed by atoms with Crippen LogP contribution in [0.15, 0.2) is 48.5 Å². The molecule has 2 heterocycles. The molecule has 2 aromatic carbocycles. The Balaban J connectivity index is 1.43. The second-order valence-electron chi connectivity index (χ2n) is 7.55. The molecule has 4 rings (SSSR count). The van der Waals surface area contributed by atoms with Crippen molar-refractivity contribution in [1.82, 2.24) is 9.78 Å². The van der Waals surface area contributed by atoms with Crippen molar-refractivity contribution in [3.8, 4) is 0 Å². The zero-order valence-corrected chi connectivity index (χ0v) is 17.0. The summed E-state index contributed by atoms with van der Waals surface area (Å²) in [6.45, 7) is 5.11. The van der Waals surface area contributed by atoms with E-state index >= 15 is 0 Å². The van der Waals surface area contributed by atoms with Gasteiger partial charge in [0.15, 0.2) is 0 Å². The van der Waals surface area contributed by atoms with Crippen molar-refractivity contribution in [3.63, 3.8) is 0 Å². The quantitative estimate of drug-likeness (QED) is 0.695. The number of rotatable bonds is 5. The van der Waals surface area contributed by atoms with Gasteiger partial charge >= 0.3 is 0 Å². The van der Waals surface area contributed by atoms with Crippen molar-refractivity contribution >= 4 is 23.2 Å². The van der Waals surface area contributed by atoms with Crippen LogP contribution in [0, 0.1) is 19.7 Å². The fourth-order valence-electron chi connectivity index (χ4n) is 3.68. The Hall–Kier alpha value is -3.48. The van der Waals surface area contributed by atoms with Crippen LogP contribution in [0.2, 0.25) is 0 Å². The number of aromatic nitrogens is 2. The number of aryl methyl sites for hydroxylation is 2. The third-order valence-electron chi connectivity index (χ3n) is 5.22. The highest BCUT2D eigenvalue weighted by atomic mass is 19.1. The number of nitrogens with one attached hydrogen (secondary N) is 1. The highest BCUT2D eigenvalue weighted by Crippen LogP contribution is 2.27. The summed E-state index contributed by atoms with van der Waals surface area (Å²) in [5.74, 6) is -0.924. The van der Waals surface area contributed by atoms with Crippen LogP contribution in [0.25, 0.3) is 0 Å². The molecule has 3 aromatic rings. The van der Waals surface area contributed by atoms with Crippen molar-refractivity contribution in [1.29, 1.82) is 0 Å². The second-order valence-corrected chi connectivity index (χ2v) is 7.55. The molecule has 1 aromatic heterocycles. The van der Waals surface area contributed by atoms with E-state index in [1.54, 1.807) is 18.2 Å². The van der Waals surface area contributed by atoms with Gasteiger partial charge in [-0.3, -0.25) is 14.3 Å². The molecule has 0 radical (unpaired) electrons. The van der Waals surface area contributed by atoms with Crippen LogP contribution in [0.4, 0.5) is 15.8 Å². The predicted octanol–water partition coefficient (Wildman–Crippen LogP) is 4.07. The number of hydrogen-bond acceptors (Lipinski definition) is 3. The van der Waals surface area contributed by atoms with Crippen LogP contribution in [0.3, 0.4) is 0 Å². The van der Waals surface area contributed by atoms with E-state index in [1.165, 1.54) is 17.0 Å². The van der Waals surface area contributed by atoms with E-state index in [2.05, 4.69) is 10.4 Å². The largest absolute Gasteiger partial charge is 0.322 e. The molecule has 0 aliphatic carbocycles. The van der Waals surface area contributed by atoms with Crippen LogP contribution >= 0.6 is 0 Å². The zero-order valence-electron chi connectivity index (χ0n) is 17.0. The van der Waals surface area contributed by atoms with Gasteiger partial charge in [0.1, 0.15) is 5.82 Å². The molecule has 154 valence electrons. The first-order chi connectivity index (χ1) is 14.4. The summed E-state index contributed by atoms with van der Waals surface area (Å²) in [7, 11) is 0. The Labute approximate surface area is 174 Å². The van der Waals surface area contributed by atoms with Crippen molar-refractivity contribution in [2.75, 3.05) is 16.8 Å². The lowest BCUT2D eigenvalue weighted by Crippen LogP contribution is -2.24. The monoisotopic (exact) mass is 406 g/mol. The SMILES string of the molecule is Cc1cc(C)n(Cc2ccc(C(=O)Nc3ccc(N4CCCC4=O)c(F)c3)cc2)n1. The minimum absolute atomic E-state index is 0.0776. The lowest BCUT2D eigenvalue weighted by atomic mass is 10.1. The van der Waals surface area contributed by atoms with Gasteiger partial charge in [0.2, 0.25) is 5.91 Å². The van der Waals surface area contributed by atoms with E-state index < -0.39 is 5.82 Å². The summed E-state index contributed by atoms with van der Waals surface area (Å²) < 4.78 is 16.4. The van der Waals surface area contributed by atoms with Gasteiger partial charge in [-0.2, -0.15) is 5.10 Å². The molecule has 1 aliphatic heterocycles. The minimum atomic E-state index is -0.525. The fraction of sp³-hybridized carbons (Fsp3) is 0.261. The van der Waals surface area contributed by atoms with Gasteiger partial charge in [-0.25, -0.2) is 4.39 Å². The first-order valence-electron chi connectivity index (χ1n) is 9.92. The summed E-state index contributed by atoms with van der Waals surface area (Å²) in [5, 5.41) is 7.15. The van der Waals surface area contributed by atoms with E-state index in [0.717, 1.165) is 23.4 Å². The lowest BCUT2D eigenvalue weighted by Gasteiger charge is -2.17. The van der Waals surface area contributed by atoms with E-state index in [0.29, 0.717) is 30.8 Å². The molecule has 0 spiro atoms. The minimum Gasteiger partial charge on any atom is -0.322 e. The van der Waals surface area contributed by atoms with E-state index in [9.17, 15) is 14.0 Å². The molecule has 0 unspecified atom stereocenters. The third kappa shape index (κ3) is 4.10. The number of benzene rings is 2. The summed E-state index contributed by atoms with van der Waals surface area (Å²) in [6, 6.07) is 13.7. The second kappa shape index (κ2) is 8.10. The Morgan fingerprint density at radius 1 is 1.13 bits per heavy atom. The molecule has 0 atom stereocenters. The topological polar surface area (TPSA) is 67.2 Å². The van der Waals surface area contributed by atoms with Crippen LogP contribution in [0.5, 0.6) is 0 Å². The van der Waals surface area contributed by atoms with Gasteiger partial charge in [-0.1, -0.05) is 12.1 Å². The van der Waals surface area contributed by atoms with Gasteiger partial charge < -0.3 is 10.2 Å². The molecular formula is C23H23FN4O2. The van der Waals surface area contributed by atoms with Crippen molar-refractivity contribution in [2.24, 2.45) is 0 Å². The van der Waals surface area contributed by atoms with Crippen LogP contribution in [-0.4, -0.2) is 28.1 Å². The van der Waals surface area contributed by atoms with Gasteiger partial charge in [0.05, 0.1) is 17.9 Å². The van der Waals surface area contributed by atoms with E-state index in [-0.39, 0.29) is 17.5 Å². The van der Waals surface area contributed by atoms with Crippen LogP contribution in [-0.2, 0) is 11.3 Å². The average Bonchev–Trinajstić information content (AvgIpc) is 3.27. The summed E-state index contributed by atoms with van der Waals surface area (Å²) in [5.41, 5.74) is 4.16. The highest BCUT2D eigenvalue weighted by Gasteiger charge is 2.24. The van der Waals surface area contributed by atoms with Crippen LogP contribution in [0.1, 0.15) is 40.2 Å². The summed E-state index contributed by atoms with van der Waals surface area (Å²) in [6.07, 6.45) is 1.17. The fourth-order valence-corrected chi connectivity index (χ4v) is 3.68. The smallest absolute Gasteiger partial charge is 0.255 e. The normalized spacial score (nSPS) is 13.7. The summed E-state index contributed by atoms with van der Waals surface area (Å²) >= 11 is 0. The van der Waals surface area contributed by atoms with Gasteiger partial charge in [0.25, 0.3) is 5.91 Å². The standard InChI is InChI=1S/C23H23FN4O2/c1-15-12-16(2)28(26-15)14-17-5-7-18(8-6-17)23(30)25-19-9-10-21(20(24)13-19)27-11-3-4-22(27)29/h5-10,12-13H,3-4,11,14H2,1-2H3,(H,25,30). The van der Waals surface area contributed by atoms with E-state index in [1.807, 2.05) is 36.7 Å². The van der Waals surface area contributed by atoms with Crippen molar-refractivity contribution in [2.45, 2.75) is 33.2 Å². The average molecular weight is 406 g/mol. The van der Waals surface area contributed by atoms with Gasteiger partial charge in [-0.15, -0.1) is 0 Å². The first-order valence-corrected chi connectivity index (χ1v) is 9.92. The maximum Gasteiger partial charge on any atom is 0.255 e. The molecule has 0 bridgehead atoms. The molecule has 1 fully saturated rings. The van der Waals surface area contributed by atoms with Gasteiger partial charge in [0, 0.05) is 29.9 Å². The molecule has 1 saturated heterocycles. The molecule has 6 nitrogen and oxygen atoms in total. The number of carbonyl (C=O) groups excluding carboxylic acids is 2. The number of carbonyl (C=O) groups is 2. The Morgan fingerprint density at radius 3 is 2.50 bits per heavy atom. The van der Waals surface area contributed by atoms with E-state index in [4.69, 9.17) is 0 Å². The highest BCUT2D eigenvalue weighted by molar-refractivity contribution is 6.04. The third-order valence-corrected chi connectivity index (χ3v) is 5.22. The lowest BCUT2D eigenvalue weighted by molar-refractivity contribution is -0.117. The number of halogens is 1. The Morgan fingerprint density at radius 2 is 1.90 bits per heavy atom. The van der Waals surface area contributed by atoms with Crippen molar-refractivity contribution < 1.29 is 14.0 Å². The number of hydrogen-bond donors (Lipinski definition) is 1. The Kier molecular flexibility index (Phi) is 5.35. The molecule has 7 heteroatoms. The maximum absolute atomic E-state index is 14.5. The van der Waals surface area contributed by atoms with Gasteiger partial charge in [-0.05, 0) is 62.2 Å². The maximum atomic E-state index is 14.5. The molecule has 30 heavy (non-hydrogen) atoms. The molecule has 0 saturated carbocycles. The zero-order chi connectivity index (χ0) is 21.3. The molecular weight excluding hydrogens is 383 g/mol. The Bertz CT molecular complexity index is 1100. The number of amides is 2. The molecule has 1 N–H and O–H groups in total. The first kappa shape index (κ1) is 19.8. The number of anilines is 2. The number of nitrogens with zero attached hydrogens (tertiary/aromatic N) is 3. The van der Waals surface area contributed by atoms with Crippen LogP contribution < -0.4 is 10.2 Å².